The highest BCUT2D eigenvalue weighted by Gasteiger charge is 2.24. The van der Waals surface area contributed by atoms with Crippen LogP contribution in [0.15, 0.2) is 34.3 Å². The number of hydrogen-bond acceptors (Lipinski definition) is 4. The van der Waals surface area contributed by atoms with Crippen molar-refractivity contribution in [2.45, 2.75) is 45.6 Å². The van der Waals surface area contributed by atoms with Crippen molar-refractivity contribution in [2.24, 2.45) is 0 Å². The van der Waals surface area contributed by atoms with Crippen LogP contribution in [0.4, 0.5) is 0 Å². The third-order valence-corrected chi connectivity index (χ3v) is 3.44. The van der Waals surface area contributed by atoms with Gasteiger partial charge in [-0.15, -0.1) is 0 Å². The number of rotatable bonds is 7. The largest absolute Gasteiger partial charge is 0.456 e. The number of aliphatic hydroxyl groups excluding tert-OH is 1. The molecule has 0 heterocycles. The normalized spacial score (nSPS) is 12.1. The molecule has 1 aromatic carbocycles. The Hall–Kier alpha value is -1.46. The second-order valence-corrected chi connectivity index (χ2v) is 7.13. The maximum Gasteiger partial charge on any atom is 0.342 e. The fraction of sp³-hybridized carbons (Fsp3) is 0.444. The molecular formula is C18H23BrO4. The lowest BCUT2D eigenvalue weighted by Gasteiger charge is -2.20. The molecule has 4 nitrogen and oxygen atoms in total. The van der Waals surface area contributed by atoms with Crippen LogP contribution in [-0.2, 0) is 14.3 Å². The lowest BCUT2D eigenvalue weighted by Crippen LogP contribution is -2.27. The van der Waals surface area contributed by atoms with Crippen molar-refractivity contribution in [2.75, 3.05) is 6.61 Å². The fourth-order valence-electron chi connectivity index (χ4n) is 1.84. The fourth-order valence-corrected chi connectivity index (χ4v) is 2.11. The van der Waals surface area contributed by atoms with E-state index >= 15 is 0 Å². The van der Waals surface area contributed by atoms with Crippen LogP contribution in [-0.4, -0.2) is 29.1 Å². The molecule has 1 N–H and O–H groups in total. The van der Waals surface area contributed by atoms with E-state index in [9.17, 15) is 9.59 Å². The minimum atomic E-state index is -0.665. The molecule has 0 aliphatic rings. The Kier molecular flexibility index (Phi) is 7.65. The third-order valence-electron chi connectivity index (χ3n) is 2.91. The summed E-state index contributed by atoms with van der Waals surface area (Å²) in [5.41, 5.74) is 0.131. The first kappa shape index (κ1) is 19.6. The van der Waals surface area contributed by atoms with Crippen LogP contribution >= 0.6 is 15.9 Å². The van der Waals surface area contributed by atoms with E-state index < -0.39 is 11.6 Å². The number of ketones is 1. The standard InChI is InChI=1S/C18H23BrO4/c1-18(2,3)23-17(22)15(16(21)6-4-5-11-20)12-13-7-9-14(19)10-8-13/h7-10,12,20H,4-6,11H2,1-3H3/b15-12+. The van der Waals surface area contributed by atoms with E-state index in [1.165, 1.54) is 0 Å². The van der Waals surface area contributed by atoms with Crippen molar-refractivity contribution >= 4 is 33.8 Å². The predicted octanol–water partition coefficient (Wildman–Crippen LogP) is 3.91. The van der Waals surface area contributed by atoms with Crippen molar-refractivity contribution in [3.63, 3.8) is 0 Å². The zero-order chi connectivity index (χ0) is 17.5. The molecule has 0 amide bonds. The third kappa shape index (κ3) is 7.57. The van der Waals surface area contributed by atoms with Crippen LogP contribution in [0, 0.1) is 0 Å². The molecule has 126 valence electrons. The zero-order valence-electron chi connectivity index (χ0n) is 13.8. The van der Waals surface area contributed by atoms with E-state index in [0.717, 1.165) is 10.0 Å². The van der Waals surface area contributed by atoms with Gasteiger partial charge in [0.2, 0.25) is 0 Å². The van der Waals surface area contributed by atoms with E-state index in [0.29, 0.717) is 12.8 Å². The minimum Gasteiger partial charge on any atom is -0.456 e. The Morgan fingerprint density at radius 1 is 1.17 bits per heavy atom. The monoisotopic (exact) mass is 382 g/mol. The molecule has 0 aliphatic carbocycles. The summed E-state index contributed by atoms with van der Waals surface area (Å²) in [6.07, 6.45) is 2.84. The van der Waals surface area contributed by atoms with E-state index in [1.54, 1.807) is 26.8 Å². The van der Waals surface area contributed by atoms with Gasteiger partial charge in [0.25, 0.3) is 0 Å². The number of carbonyl (C=O) groups is 2. The SMILES string of the molecule is CC(C)(C)OC(=O)/C(=C/c1ccc(Br)cc1)C(=O)CCCCO. The van der Waals surface area contributed by atoms with Gasteiger partial charge in [0, 0.05) is 17.5 Å². The van der Waals surface area contributed by atoms with E-state index in [-0.39, 0.29) is 24.4 Å². The van der Waals surface area contributed by atoms with Crippen molar-refractivity contribution in [3.8, 4) is 0 Å². The molecule has 0 radical (unpaired) electrons. The first-order chi connectivity index (χ1) is 10.7. The van der Waals surface area contributed by atoms with E-state index in [2.05, 4.69) is 15.9 Å². The van der Waals surface area contributed by atoms with Gasteiger partial charge < -0.3 is 9.84 Å². The Bertz CT molecular complexity index is 568. The average Bonchev–Trinajstić information content (AvgIpc) is 2.44. The quantitative estimate of drug-likeness (QED) is 0.255. The highest BCUT2D eigenvalue weighted by molar-refractivity contribution is 9.10. The average molecular weight is 383 g/mol. The van der Waals surface area contributed by atoms with Gasteiger partial charge in [-0.1, -0.05) is 28.1 Å². The lowest BCUT2D eigenvalue weighted by molar-refractivity contribution is -0.150. The second-order valence-electron chi connectivity index (χ2n) is 6.22. The Morgan fingerprint density at radius 2 is 1.78 bits per heavy atom. The molecule has 0 atom stereocenters. The van der Waals surface area contributed by atoms with Gasteiger partial charge in [-0.25, -0.2) is 4.79 Å². The lowest BCUT2D eigenvalue weighted by atomic mass is 10.0. The number of aliphatic hydroxyl groups is 1. The highest BCUT2D eigenvalue weighted by Crippen LogP contribution is 2.18. The van der Waals surface area contributed by atoms with Gasteiger partial charge >= 0.3 is 5.97 Å². The number of Topliss-reactive ketones (excluding diaryl/α,β-unsaturated/α-hetero) is 1. The Labute approximate surface area is 145 Å². The Balaban J connectivity index is 3.02. The minimum absolute atomic E-state index is 0.0332. The van der Waals surface area contributed by atoms with Crippen LogP contribution in [0.5, 0.6) is 0 Å². The van der Waals surface area contributed by atoms with Crippen molar-refractivity contribution in [1.82, 2.24) is 0 Å². The topological polar surface area (TPSA) is 63.6 Å². The Morgan fingerprint density at radius 3 is 2.30 bits per heavy atom. The molecule has 23 heavy (non-hydrogen) atoms. The van der Waals surface area contributed by atoms with Crippen LogP contribution in [0.3, 0.4) is 0 Å². The van der Waals surface area contributed by atoms with E-state index in [4.69, 9.17) is 9.84 Å². The van der Waals surface area contributed by atoms with Crippen LogP contribution < -0.4 is 0 Å². The number of carbonyl (C=O) groups excluding carboxylic acids is 2. The second kappa shape index (κ2) is 8.99. The number of halogens is 1. The summed E-state index contributed by atoms with van der Waals surface area (Å²) in [6, 6.07) is 7.31. The molecule has 5 heteroatoms. The summed E-state index contributed by atoms with van der Waals surface area (Å²) >= 11 is 3.35. The van der Waals surface area contributed by atoms with Crippen molar-refractivity contribution < 1.29 is 19.4 Å². The van der Waals surface area contributed by atoms with Gasteiger partial charge in [0.1, 0.15) is 11.2 Å². The maximum atomic E-state index is 12.4. The first-order valence-corrected chi connectivity index (χ1v) is 8.37. The molecule has 0 aliphatic heterocycles. The summed E-state index contributed by atoms with van der Waals surface area (Å²) in [4.78, 5) is 24.7. The molecule has 0 unspecified atom stereocenters. The van der Waals surface area contributed by atoms with Crippen LogP contribution in [0.1, 0.15) is 45.6 Å². The molecule has 0 saturated heterocycles. The number of benzene rings is 1. The summed E-state index contributed by atoms with van der Waals surface area (Å²) in [5.74, 6) is -0.884. The highest BCUT2D eigenvalue weighted by atomic mass is 79.9. The van der Waals surface area contributed by atoms with Gasteiger partial charge in [0.15, 0.2) is 5.78 Å². The molecule has 1 aromatic rings. The van der Waals surface area contributed by atoms with E-state index in [1.807, 2.05) is 24.3 Å². The van der Waals surface area contributed by atoms with Gasteiger partial charge in [0.05, 0.1) is 0 Å². The van der Waals surface area contributed by atoms with Gasteiger partial charge in [-0.2, -0.15) is 0 Å². The number of ether oxygens (including phenoxy) is 1. The van der Waals surface area contributed by atoms with Crippen molar-refractivity contribution in [1.29, 1.82) is 0 Å². The zero-order valence-corrected chi connectivity index (χ0v) is 15.4. The molecule has 0 aromatic heterocycles. The molecular weight excluding hydrogens is 360 g/mol. The summed E-state index contributed by atoms with van der Waals surface area (Å²) in [7, 11) is 0. The number of unbranched alkanes of at least 4 members (excludes halogenated alkanes) is 1. The number of esters is 1. The van der Waals surface area contributed by atoms with Crippen LogP contribution in [0.2, 0.25) is 0 Å². The van der Waals surface area contributed by atoms with Gasteiger partial charge in [-0.3, -0.25) is 4.79 Å². The molecule has 0 fully saturated rings. The van der Waals surface area contributed by atoms with Gasteiger partial charge in [-0.05, 0) is 57.4 Å². The summed E-state index contributed by atoms with van der Waals surface area (Å²) in [6.45, 7) is 5.32. The number of hydrogen-bond donors (Lipinski definition) is 1. The molecule has 0 bridgehead atoms. The predicted molar refractivity (Wildman–Crippen MR) is 93.9 cm³/mol. The maximum absolute atomic E-state index is 12.4. The molecule has 0 spiro atoms. The summed E-state index contributed by atoms with van der Waals surface area (Å²) in [5, 5.41) is 8.82. The molecule has 1 rings (SSSR count). The first-order valence-electron chi connectivity index (χ1n) is 7.57. The van der Waals surface area contributed by atoms with Crippen molar-refractivity contribution in [3.05, 3.63) is 39.9 Å². The smallest absolute Gasteiger partial charge is 0.342 e. The van der Waals surface area contributed by atoms with Crippen LogP contribution in [0.25, 0.3) is 6.08 Å². The summed E-state index contributed by atoms with van der Waals surface area (Å²) < 4.78 is 6.26. The molecule has 0 saturated carbocycles.